The maximum atomic E-state index is 12.2. The van der Waals surface area contributed by atoms with E-state index in [1.54, 1.807) is 4.90 Å². The Balaban J connectivity index is 1.60. The van der Waals surface area contributed by atoms with Crippen molar-refractivity contribution >= 4 is 26.5 Å². The molecular formula is C19H22N2O3S. The predicted octanol–water partition coefficient (Wildman–Crippen LogP) is 1.67. The molecule has 5 nitrogen and oxygen atoms in total. The van der Waals surface area contributed by atoms with E-state index in [2.05, 4.69) is 35.2 Å². The van der Waals surface area contributed by atoms with Crippen molar-refractivity contribution in [3.8, 4) is 0 Å². The van der Waals surface area contributed by atoms with E-state index in [1.165, 1.54) is 23.3 Å². The first-order valence-electron chi connectivity index (χ1n) is 8.62. The summed E-state index contributed by atoms with van der Waals surface area (Å²) < 4.78 is 24.3. The van der Waals surface area contributed by atoms with Crippen molar-refractivity contribution in [2.24, 2.45) is 0 Å². The third-order valence-corrected chi connectivity index (χ3v) is 7.09. The van der Waals surface area contributed by atoms with Crippen LogP contribution < -0.4 is 0 Å². The van der Waals surface area contributed by atoms with Crippen molar-refractivity contribution in [1.29, 1.82) is 0 Å². The van der Waals surface area contributed by atoms with Gasteiger partial charge >= 0.3 is 0 Å². The van der Waals surface area contributed by atoms with E-state index in [-0.39, 0.29) is 29.5 Å². The summed E-state index contributed by atoms with van der Waals surface area (Å²) in [6.07, 6.45) is 0. The molecule has 4 rings (SSSR count). The molecule has 0 aromatic heterocycles. The molecule has 6 heteroatoms. The molecule has 0 unspecified atom stereocenters. The van der Waals surface area contributed by atoms with Gasteiger partial charge in [-0.1, -0.05) is 36.4 Å². The zero-order valence-corrected chi connectivity index (χ0v) is 15.1. The van der Waals surface area contributed by atoms with Crippen LogP contribution in [0.1, 0.15) is 12.5 Å². The van der Waals surface area contributed by atoms with Gasteiger partial charge in [-0.15, -0.1) is 0 Å². The summed E-state index contributed by atoms with van der Waals surface area (Å²) in [7, 11) is -3.09. The number of fused-ring (bicyclic) bond motifs is 2. The van der Waals surface area contributed by atoms with E-state index in [4.69, 9.17) is 0 Å². The van der Waals surface area contributed by atoms with Crippen LogP contribution >= 0.6 is 0 Å². The minimum absolute atomic E-state index is 0.0301. The SMILES string of the molecule is CC(=O)N1CCN(Cc2ccc3ccccc3c2)[C@@H]2CS(=O)(=O)C[C@@H]21. The van der Waals surface area contributed by atoms with Gasteiger partial charge in [-0.25, -0.2) is 8.42 Å². The predicted molar refractivity (Wildman–Crippen MR) is 98.0 cm³/mol. The largest absolute Gasteiger partial charge is 0.336 e. The Bertz CT molecular complexity index is 925. The van der Waals surface area contributed by atoms with E-state index >= 15 is 0 Å². The molecule has 2 aromatic carbocycles. The van der Waals surface area contributed by atoms with Gasteiger partial charge in [0.05, 0.1) is 17.5 Å². The van der Waals surface area contributed by atoms with Crippen molar-refractivity contribution < 1.29 is 13.2 Å². The fraction of sp³-hybridized carbons (Fsp3) is 0.421. The highest BCUT2D eigenvalue weighted by Crippen LogP contribution is 2.28. The van der Waals surface area contributed by atoms with E-state index in [1.807, 2.05) is 12.1 Å². The Morgan fingerprint density at radius 2 is 1.76 bits per heavy atom. The van der Waals surface area contributed by atoms with Crippen LogP contribution in [0.25, 0.3) is 10.8 Å². The van der Waals surface area contributed by atoms with Crippen molar-refractivity contribution in [1.82, 2.24) is 9.80 Å². The zero-order valence-electron chi connectivity index (χ0n) is 14.3. The van der Waals surface area contributed by atoms with Crippen molar-refractivity contribution in [2.75, 3.05) is 24.6 Å². The quantitative estimate of drug-likeness (QED) is 0.819. The van der Waals surface area contributed by atoms with Gasteiger partial charge in [-0.05, 0) is 22.4 Å². The molecular weight excluding hydrogens is 336 g/mol. The number of sulfone groups is 1. The average Bonchev–Trinajstić information content (AvgIpc) is 2.90. The number of piperazine rings is 1. The minimum atomic E-state index is -3.09. The molecule has 25 heavy (non-hydrogen) atoms. The molecule has 2 atom stereocenters. The van der Waals surface area contributed by atoms with Gasteiger partial charge in [-0.2, -0.15) is 0 Å². The van der Waals surface area contributed by atoms with Crippen molar-refractivity contribution in [3.63, 3.8) is 0 Å². The van der Waals surface area contributed by atoms with Crippen LogP contribution in [0, 0.1) is 0 Å². The fourth-order valence-electron chi connectivity index (χ4n) is 4.18. The first-order chi connectivity index (χ1) is 11.9. The first-order valence-corrected chi connectivity index (χ1v) is 10.4. The number of hydrogen-bond acceptors (Lipinski definition) is 4. The highest BCUT2D eigenvalue weighted by molar-refractivity contribution is 7.91. The van der Waals surface area contributed by atoms with E-state index < -0.39 is 9.84 Å². The number of rotatable bonds is 2. The van der Waals surface area contributed by atoms with Crippen LogP contribution in [0.3, 0.4) is 0 Å². The molecule has 2 heterocycles. The van der Waals surface area contributed by atoms with E-state index in [9.17, 15) is 13.2 Å². The minimum Gasteiger partial charge on any atom is -0.336 e. The maximum absolute atomic E-state index is 12.2. The second-order valence-electron chi connectivity index (χ2n) is 7.08. The molecule has 0 N–H and O–H groups in total. The van der Waals surface area contributed by atoms with Crippen molar-refractivity contribution in [2.45, 2.75) is 25.6 Å². The number of hydrogen-bond donors (Lipinski definition) is 0. The van der Waals surface area contributed by atoms with Gasteiger partial charge in [-0.3, -0.25) is 9.69 Å². The lowest BCUT2D eigenvalue weighted by atomic mass is 10.0. The maximum Gasteiger partial charge on any atom is 0.219 e. The standard InChI is InChI=1S/C19H22N2O3S/c1-14(22)21-9-8-20(18-12-25(23,24)13-19(18)21)11-15-6-7-16-4-2-3-5-17(16)10-15/h2-7,10,18-19H,8-9,11-13H2,1H3/t18-,19+/m1/s1. The second kappa shape index (κ2) is 6.11. The molecule has 2 aliphatic heterocycles. The molecule has 0 aliphatic carbocycles. The van der Waals surface area contributed by atoms with Gasteiger partial charge in [0.25, 0.3) is 0 Å². The molecule has 0 radical (unpaired) electrons. The molecule has 132 valence electrons. The van der Waals surface area contributed by atoms with Crippen LogP contribution in [-0.4, -0.2) is 60.8 Å². The lowest BCUT2D eigenvalue weighted by Crippen LogP contribution is -2.59. The second-order valence-corrected chi connectivity index (χ2v) is 9.23. The summed E-state index contributed by atoms with van der Waals surface area (Å²) in [5.41, 5.74) is 1.18. The molecule has 2 saturated heterocycles. The number of benzene rings is 2. The molecule has 2 fully saturated rings. The first kappa shape index (κ1) is 16.5. The van der Waals surface area contributed by atoms with Crippen molar-refractivity contribution in [3.05, 3.63) is 48.0 Å². The fourth-order valence-corrected chi connectivity index (χ4v) is 6.20. The van der Waals surface area contributed by atoms with Gasteiger partial charge in [0.1, 0.15) is 0 Å². The topological polar surface area (TPSA) is 57.7 Å². The molecule has 0 saturated carbocycles. The van der Waals surface area contributed by atoms with Crippen LogP contribution in [0.4, 0.5) is 0 Å². The molecule has 0 bridgehead atoms. The third-order valence-electron chi connectivity index (χ3n) is 5.40. The number of nitrogens with zero attached hydrogens (tertiary/aromatic N) is 2. The van der Waals surface area contributed by atoms with Gasteiger partial charge in [0.15, 0.2) is 9.84 Å². The zero-order chi connectivity index (χ0) is 17.6. The summed E-state index contributed by atoms with van der Waals surface area (Å²) in [5, 5.41) is 2.40. The Labute approximate surface area is 148 Å². The summed E-state index contributed by atoms with van der Waals surface area (Å²) in [5.74, 6) is 0.206. The lowest BCUT2D eigenvalue weighted by molar-refractivity contribution is -0.134. The van der Waals surface area contributed by atoms with Gasteiger partial charge in [0.2, 0.25) is 5.91 Å². The number of carbonyl (C=O) groups is 1. The summed E-state index contributed by atoms with van der Waals surface area (Å²) in [4.78, 5) is 15.9. The van der Waals surface area contributed by atoms with Crippen LogP contribution in [-0.2, 0) is 21.2 Å². The Kier molecular flexibility index (Phi) is 4.04. The van der Waals surface area contributed by atoms with Crippen LogP contribution in [0.2, 0.25) is 0 Å². The normalized spacial score (nSPS) is 25.9. The number of amides is 1. The molecule has 2 aliphatic rings. The average molecular weight is 358 g/mol. The monoisotopic (exact) mass is 358 g/mol. The highest BCUT2D eigenvalue weighted by atomic mass is 32.2. The Morgan fingerprint density at radius 3 is 2.52 bits per heavy atom. The number of carbonyl (C=O) groups excluding carboxylic acids is 1. The molecule has 2 aromatic rings. The Morgan fingerprint density at radius 1 is 1.04 bits per heavy atom. The van der Waals surface area contributed by atoms with Gasteiger partial charge in [0, 0.05) is 32.6 Å². The molecule has 0 spiro atoms. The lowest BCUT2D eigenvalue weighted by Gasteiger charge is -2.43. The third kappa shape index (κ3) is 3.16. The van der Waals surface area contributed by atoms with Gasteiger partial charge < -0.3 is 4.90 Å². The summed E-state index contributed by atoms with van der Waals surface area (Å²) in [6.45, 7) is 3.55. The summed E-state index contributed by atoms with van der Waals surface area (Å²) in [6, 6.07) is 14.3. The summed E-state index contributed by atoms with van der Waals surface area (Å²) >= 11 is 0. The van der Waals surface area contributed by atoms with Crippen LogP contribution in [0.5, 0.6) is 0 Å². The van der Waals surface area contributed by atoms with Crippen LogP contribution in [0.15, 0.2) is 42.5 Å². The Hall–Kier alpha value is -1.92. The smallest absolute Gasteiger partial charge is 0.219 e. The molecule has 1 amide bonds. The highest BCUT2D eigenvalue weighted by Gasteiger charge is 2.47. The van der Waals surface area contributed by atoms with E-state index in [0.717, 1.165) is 0 Å². The van der Waals surface area contributed by atoms with E-state index in [0.29, 0.717) is 19.6 Å².